The van der Waals surface area contributed by atoms with Gasteiger partial charge in [-0.3, -0.25) is 0 Å². The van der Waals surface area contributed by atoms with Gasteiger partial charge >= 0.3 is 12.0 Å². The van der Waals surface area contributed by atoms with Crippen LogP contribution in [0.4, 0.5) is 4.79 Å². The van der Waals surface area contributed by atoms with Gasteiger partial charge in [0.1, 0.15) is 6.04 Å². The number of nitrogens with zero attached hydrogens (tertiary/aromatic N) is 2. The molecule has 1 aliphatic heterocycles. The molecule has 1 aromatic heterocycles. The number of carbonyl (C=O) groups is 2. The number of aromatic nitrogens is 1. The van der Waals surface area contributed by atoms with Crippen LogP contribution in [0.5, 0.6) is 0 Å². The summed E-state index contributed by atoms with van der Waals surface area (Å²) >= 11 is 1.53. The van der Waals surface area contributed by atoms with E-state index in [0.29, 0.717) is 25.4 Å². The highest BCUT2D eigenvalue weighted by molar-refractivity contribution is 7.09. The molecule has 2 N–H and O–H groups in total. The number of rotatable bonds is 3. The molecule has 2 atom stereocenters. The number of likely N-dealkylation sites (tertiary alicyclic amines) is 1. The van der Waals surface area contributed by atoms with Crippen molar-refractivity contribution >= 4 is 23.3 Å². The molecule has 0 aromatic carbocycles. The van der Waals surface area contributed by atoms with Gasteiger partial charge in [0, 0.05) is 11.9 Å². The molecule has 2 unspecified atom stereocenters. The second-order valence-electron chi connectivity index (χ2n) is 5.19. The van der Waals surface area contributed by atoms with Crippen molar-refractivity contribution in [1.29, 1.82) is 0 Å². The lowest BCUT2D eigenvalue weighted by molar-refractivity contribution is -0.143. The van der Waals surface area contributed by atoms with E-state index in [1.807, 2.05) is 19.2 Å². The number of thiazole rings is 1. The number of hydrogen-bond acceptors (Lipinski definition) is 4. The van der Waals surface area contributed by atoms with Gasteiger partial charge in [0.25, 0.3) is 0 Å². The van der Waals surface area contributed by atoms with Crippen LogP contribution < -0.4 is 5.32 Å². The molecular weight excluding hydrogens is 278 g/mol. The van der Waals surface area contributed by atoms with Crippen LogP contribution >= 0.6 is 11.3 Å². The molecule has 1 fully saturated rings. The lowest BCUT2D eigenvalue weighted by Gasteiger charge is -2.35. The van der Waals surface area contributed by atoms with E-state index in [0.717, 1.165) is 17.1 Å². The fourth-order valence-corrected chi connectivity index (χ4v) is 2.99. The van der Waals surface area contributed by atoms with Crippen LogP contribution in [-0.4, -0.2) is 39.6 Å². The van der Waals surface area contributed by atoms with Crippen molar-refractivity contribution in [2.45, 2.75) is 39.3 Å². The smallest absolute Gasteiger partial charge is 0.326 e. The van der Waals surface area contributed by atoms with Crippen LogP contribution in [0.25, 0.3) is 0 Å². The van der Waals surface area contributed by atoms with E-state index in [-0.39, 0.29) is 6.03 Å². The normalized spacial score (nSPS) is 22.6. The zero-order chi connectivity index (χ0) is 14.7. The minimum absolute atomic E-state index is 0.324. The molecule has 110 valence electrons. The number of carboxylic acids is 1. The minimum Gasteiger partial charge on any atom is -0.480 e. The highest BCUT2D eigenvalue weighted by Gasteiger charge is 2.34. The van der Waals surface area contributed by atoms with Gasteiger partial charge in [0.2, 0.25) is 0 Å². The Morgan fingerprint density at radius 3 is 2.95 bits per heavy atom. The third-order valence-electron chi connectivity index (χ3n) is 3.50. The Hall–Kier alpha value is -1.63. The first-order valence-electron chi connectivity index (χ1n) is 6.65. The third-order valence-corrected chi connectivity index (χ3v) is 4.32. The maximum atomic E-state index is 12.1. The molecular formula is C13H19N3O3S. The molecule has 0 saturated carbocycles. The summed E-state index contributed by atoms with van der Waals surface area (Å²) in [4.78, 5) is 29.1. The second kappa shape index (κ2) is 6.21. The topological polar surface area (TPSA) is 82.5 Å². The zero-order valence-corrected chi connectivity index (χ0v) is 12.4. The molecule has 6 nitrogen and oxygen atoms in total. The van der Waals surface area contributed by atoms with Crippen LogP contribution in [0.1, 0.15) is 30.5 Å². The van der Waals surface area contributed by atoms with Crippen molar-refractivity contribution in [3.63, 3.8) is 0 Å². The Morgan fingerprint density at radius 1 is 1.60 bits per heavy atom. The molecule has 1 saturated heterocycles. The molecule has 0 radical (unpaired) electrons. The minimum atomic E-state index is -0.934. The van der Waals surface area contributed by atoms with Gasteiger partial charge in [-0.05, 0) is 25.7 Å². The third kappa shape index (κ3) is 3.47. The molecule has 2 rings (SSSR count). The highest BCUT2D eigenvalue weighted by Crippen LogP contribution is 2.22. The highest BCUT2D eigenvalue weighted by atomic mass is 32.1. The van der Waals surface area contributed by atoms with Crippen molar-refractivity contribution in [1.82, 2.24) is 15.2 Å². The van der Waals surface area contributed by atoms with E-state index in [1.165, 1.54) is 16.2 Å². The lowest BCUT2D eigenvalue weighted by Crippen LogP contribution is -2.53. The van der Waals surface area contributed by atoms with E-state index in [4.69, 9.17) is 0 Å². The van der Waals surface area contributed by atoms with Crippen LogP contribution in [-0.2, 0) is 11.3 Å². The molecule has 2 heterocycles. The summed E-state index contributed by atoms with van der Waals surface area (Å²) in [5, 5.41) is 14.8. The Bertz CT molecular complexity index is 503. The van der Waals surface area contributed by atoms with Crippen molar-refractivity contribution in [2.24, 2.45) is 5.92 Å². The van der Waals surface area contributed by atoms with Gasteiger partial charge in [-0.15, -0.1) is 11.3 Å². The summed E-state index contributed by atoms with van der Waals surface area (Å²) in [7, 11) is 0. The molecule has 1 aliphatic rings. The molecule has 0 bridgehead atoms. The van der Waals surface area contributed by atoms with Crippen molar-refractivity contribution < 1.29 is 14.7 Å². The summed E-state index contributed by atoms with van der Waals surface area (Å²) < 4.78 is 0. The van der Waals surface area contributed by atoms with E-state index in [1.54, 1.807) is 0 Å². The molecule has 0 aliphatic carbocycles. The average molecular weight is 297 g/mol. The monoisotopic (exact) mass is 297 g/mol. The largest absolute Gasteiger partial charge is 0.480 e. The molecule has 2 amide bonds. The number of piperidine rings is 1. The number of aliphatic carboxylic acids is 1. The first kappa shape index (κ1) is 14.8. The number of amides is 2. The maximum absolute atomic E-state index is 12.1. The van der Waals surface area contributed by atoms with Crippen LogP contribution in [0.3, 0.4) is 0 Å². The Balaban J connectivity index is 1.94. The first-order chi connectivity index (χ1) is 9.47. The molecule has 0 spiro atoms. The van der Waals surface area contributed by atoms with Crippen LogP contribution in [0, 0.1) is 12.8 Å². The molecule has 7 heteroatoms. The average Bonchev–Trinajstić information content (AvgIpc) is 2.81. The number of nitrogens with one attached hydrogen (secondary N) is 1. The summed E-state index contributed by atoms with van der Waals surface area (Å²) in [5.74, 6) is -0.599. The summed E-state index contributed by atoms with van der Waals surface area (Å²) in [6.07, 6.45) is 1.35. The Kier molecular flexibility index (Phi) is 4.59. The second-order valence-corrected chi connectivity index (χ2v) is 6.26. The van der Waals surface area contributed by atoms with Gasteiger partial charge in [-0.2, -0.15) is 0 Å². The fraction of sp³-hybridized carbons (Fsp3) is 0.615. The standard InChI is InChI=1S/C13H19N3O3S/c1-8-3-4-16(11(5-8)12(17)18)13(19)14-6-10-7-20-9(2)15-10/h7-8,11H,3-6H2,1-2H3,(H,14,19)(H,17,18). The zero-order valence-electron chi connectivity index (χ0n) is 11.6. The number of carboxylic acid groups (broad SMARTS) is 1. The predicted molar refractivity (Wildman–Crippen MR) is 75.6 cm³/mol. The van der Waals surface area contributed by atoms with Gasteiger partial charge in [0.15, 0.2) is 0 Å². The van der Waals surface area contributed by atoms with Crippen molar-refractivity contribution in [3.05, 3.63) is 16.1 Å². The van der Waals surface area contributed by atoms with Crippen molar-refractivity contribution in [3.8, 4) is 0 Å². The van der Waals surface area contributed by atoms with E-state index in [2.05, 4.69) is 10.3 Å². The first-order valence-corrected chi connectivity index (χ1v) is 7.53. The van der Waals surface area contributed by atoms with Gasteiger partial charge < -0.3 is 15.3 Å². The quantitative estimate of drug-likeness (QED) is 0.892. The SMILES string of the molecule is Cc1nc(CNC(=O)N2CCC(C)CC2C(=O)O)cs1. The Morgan fingerprint density at radius 2 is 2.35 bits per heavy atom. The van der Waals surface area contributed by atoms with Gasteiger partial charge in [-0.1, -0.05) is 6.92 Å². The summed E-state index contributed by atoms with van der Waals surface area (Å²) in [6, 6.07) is -1.05. The van der Waals surface area contributed by atoms with E-state index in [9.17, 15) is 14.7 Å². The number of aryl methyl sites for hydroxylation is 1. The molecule has 20 heavy (non-hydrogen) atoms. The summed E-state index contributed by atoms with van der Waals surface area (Å²) in [6.45, 7) is 4.74. The van der Waals surface area contributed by atoms with Gasteiger partial charge in [0.05, 0.1) is 17.2 Å². The molecule has 1 aromatic rings. The summed E-state index contributed by atoms with van der Waals surface area (Å²) in [5.41, 5.74) is 0.804. The maximum Gasteiger partial charge on any atom is 0.326 e. The number of hydrogen-bond donors (Lipinski definition) is 2. The number of carbonyl (C=O) groups excluding carboxylic acids is 1. The van der Waals surface area contributed by atoms with E-state index < -0.39 is 12.0 Å². The van der Waals surface area contributed by atoms with Crippen LogP contribution in [0.2, 0.25) is 0 Å². The lowest BCUT2D eigenvalue weighted by atomic mass is 9.93. The van der Waals surface area contributed by atoms with Crippen molar-refractivity contribution in [2.75, 3.05) is 6.54 Å². The fourth-order valence-electron chi connectivity index (χ4n) is 2.38. The number of urea groups is 1. The van der Waals surface area contributed by atoms with Gasteiger partial charge in [-0.25, -0.2) is 14.6 Å². The van der Waals surface area contributed by atoms with E-state index >= 15 is 0 Å². The Labute approximate surface area is 121 Å². The van der Waals surface area contributed by atoms with Crippen LogP contribution in [0.15, 0.2) is 5.38 Å². The predicted octanol–water partition coefficient (Wildman–Crippen LogP) is 1.85.